The largest absolute Gasteiger partial charge is 0.398 e. The van der Waals surface area contributed by atoms with Crippen LogP contribution in [0.5, 0.6) is 0 Å². The molecule has 5 amide bonds. The van der Waals surface area contributed by atoms with E-state index in [1.54, 1.807) is 41.3 Å². The molecule has 2 aromatic carbocycles. The van der Waals surface area contributed by atoms with Crippen molar-refractivity contribution in [3.63, 3.8) is 0 Å². The topological polar surface area (TPSA) is 168 Å². The molecule has 4 heterocycles. The molecule has 2 aromatic rings. The van der Waals surface area contributed by atoms with Gasteiger partial charge in [0.1, 0.15) is 12.1 Å². The molecule has 0 radical (unpaired) electrons. The van der Waals surface area contributed by atoms with Crippen LogP contribution in [0.25, 0.3) is 0 Å². The van der Waals surface area contributed by atoms with Gasteiger partial charge >= 0.3 is 0 Å². The number of nitrogens with one attached hydrogen (secondary N) is 2. The Labute approximate surface area is 218 Å². The smallest absolute Gasteiger partial charge is 0.255 e. The molecule has 6 N–H and O–H groups in total. The van der Waals surface area contributed by atoms with E-state index in [-0.39, 0.29) is 30.0 Å². The molecular formula is C27H28N6O5. The number of allylic oxidation sites excluding steroid dienone is 1. The lowest BCUT2D eigenvalue weighted by molar-refractivity contribution is -0.137. The molecule has 0 saturated carbocycles. The van der Waals surface area contributed by atoms with Gasteiger partial charge in [0, 0.05) is 58.8 Å². The standard InChI is InChI=1S/C14H15N3O2.C13H13N3O3/c1-8-5-6-12(13(18)16-8)17-7-10-9(14(17)19)3-2-4-11(10)15;14-9-3-1-2-7-8(9)6-16(13(7)19)10-4-5-11(17)15-12(10)18/h2-4,12H,1,5-7,15H2,(H,16,18);1-3,10H,4-6,14H2,(H,15,17,18). The maximum Gasteiger partial charge on any atom is 0.255 e. The van der Waals surface area contributed by atoms with E-state index in [4.69, 9.17) is 11.5 Å². The summed E-state index contributed by atoms with van der Waals surface area (Å²) in [5, 5.41) is 4.97. The second kappa shape index (κ2) is 9.66. The van der Waals surface area contributed by atoms with Gasteiger partial charge in [0.15, 0.2) is 0 Å². The van der Waals surface area contributed by atoms with Crippen molar-refractivity contribution in [2.24, 2.45) is 0 Å². The van der Waals surface area contributed by atoms with Crippen LogP contribution in [0.4, 0.5) is 11.4 Å². The molecule has 6 rings (SSSR count). The van der Waals surface area contributed by atoms with Crippen LogP contribution in [-0.4, -0.2) is 51.4 Å². The number of hydrogen-bond acceptors (Lipinski definition) is 7. The number of amides is 5. The van der Waals surface area contributed by atoms with Crippen molar-refractivity contribution >= 4 is 40.9 Å². The average Bonchev–Trinajstić information content (AvgIpc) is 3.39. The number of nitrogen functional groups attached to an aromatic ring is 2. The Balaban J connectivity index is 0.000000155. The Morgan fingerprint density at radius 2 is 1.18 bits per heavy atom. The lowest BCUT2D eigenvalue weighted by Crippen LogP contribution is -2.52. The van der Waals surface area contributed by atoms with Crippen LogP contribution < -0.4 is 22.1 Å². The maximum atomic E-state index is 12.3. The van der Waals surface area contributed by atoms with Gasteiger partial charge in [-0.25, -0.2) is 0 Å². The zero-order valence-electron chi connectivity index (χ0n) is 20.7. The first kappa shape index (κ1) is 25.0. The monoisotopic (exact) mass is 516 g/mol. The molecule has 0 bridgehead atoms. The first-order valence-corrected chi connectivity index (χ1v) is 12.3. The Hall–Kier alpha value is -4.67. The van der Waals surface area contributed by atoms with Gasteiger partial charge in [-0.2, -0.15) is 0 Å². The highest BCUT2D eigenvalue weighted by molar-refractivity contribution is 6.06. The molecule has 38 heavy (non-hydrogen) atoms. The SMILES string of the molecule is C=C1CCC(N2Cc3c(N)cccc3C2=O)C(=O)N1.Nc1cccc2c1CN(C1CCC(=O)NC1=O)C2=O. The molecular weight excluding hydrogens is 488 g/mol. The average molecular weight is 517 g/mol. The van der Waals surface area contributed by atoms with Crippen LogP contribution >= 0.6 is 0 Å². The normalized spacial score (nSPS) is 22.4. The van der Waals surface area contributed by atoms with E-state index in [1.807, 2.05) is 0 Å². The number of carbonyl (C=O) groups excluding carboxylic acids is 5. The van der Waals surface area contributed by atoms with Crippen molar-refractivity contribution < 1.29 is 24.0 Å². The Bertz CT molecular complexity index is 1300. The number of hydrogen-bond donors (Lipinski definition) is 4. The third-order valence-corrected chi connectivity index (χ3v) is 7.35. The van der Waals surface area contributed by atoms with Gasteiger partial charge in [-0.15, -0.1) is 0 Å². The van der Waals surface area contributed by atoms with E-state index in [9.17, 15) is 24.0 Å². The summed E-state index contributed by atoms with van der Waals surface area (Å²) in [7, 11) is 0. The van der Waals surface area contributed by atoms with Crippen LogP contribution in [0.15, 0.2) is 48.7 Å². The quantitative estimate of drug-likeness (QED) is 0.342. The Morgan fingerprint density at radius 3 is 1.63 bits per heavy atom. The highest BCUT2D eigenvalue weighted by Crippen LogP contribution is 2.32. The van der Waals surface area contributed by atoms with Gasteiger partial charge in [0.2, 0.25) is 17.7 Å². The highest BCUT2D eigenvalue weighted by Gasteiger charge is 2.40. The Kier molecular flexibility index (Phi) is 6.35. The second-order valence-electron chi connectivity index (χ2n) is 9.73. The van der Waals surface area contributed by atoms with E-state index in [0.29, 0.717) is 60.6 Å². The third-order valence-electron chi connectivity index (χ3n) is 7.35. The number of carbonyl (C=O) groups is 5. The number of imide groups is 1. The minimum Gasteiger partial charge on any atom is -0.398 e. The van der Waals surface area contributed by atoms with Crippen molar-refractivity contribution in [2.75, 3.05) is 11.5 Å². The summed E-state index contributed by atoms with van der Waals surface area (Å²) < 4.78 is 0. The summed E-state index contributed by atoms with van der Waals surface area (Å²) in [5.74, 6) is -1.16. The van der Waals surface area contributed by atoms with E-state index in [0.717, 1.165) is 11.1 Å². The van der Waals surface area contributed by atoms with Crippen molar-refractivity contribution in [3.8, 4) is 0 Å². The lowest BCUT2D eigenvalue weighted by Gasteiger charge is -2.30. The van der Waals surface area contributed by atoms with Crippen LogP contribution in [0.1, 0.15) is 57.5 Å². The van der Waals surface area contributed by atoms with Crippen LogP contribution in [0, 0.1) is 0 Å². The number of piperidine rings is 2. The van der Waals surface area contributed by atoms with Gasteiger partial charge < -0.3 is 26.6 Å². The molecule has 0 aliphatic carbocycles. The van der Waals surface area contributed by atoms with E-state index in [2.05, 4.69) is 17.2 Å². The first-order chi connectivity index (χ1) is 18.2. The molecule has 2 saturated heterocycles. The molecule has 4 aliphatic heterocycles. The van der Waals surface area contributed by atoms with Gasteiger partial charge in [-0.1, -0.05) is 18.7 Å². The number of rotatable bonds is 2. The molecule has 0 spiro atoms. The summed E-state index contributed by atoms with van der Waals surface area (Å²) in [4.78, 5) is 62.6. The zero-order valence-corrected chi connectivity index (χ0v) is 20.7. The van der Waals surface area contributed by atoms with E-state index >= 15 is 0 Å². The predicted octanol–water partition coefficient (Wildman–Crippen LogP) is 1.05. The van der Waals surface area contributed by atoms with Gasteiger partial charge in [-0.05, 0) is 43.5 Å². The first-order valence-electron chi connectivity index (χ1n) is 12.3. The fourth-order valence-electron chi connectivity index (χ4n) is 5.30. The molecule has 2 unspecified atom stereocenters. The molecule has 11 nitrogen and oxygen atoms in total. The number of anilines is 2. The Morgan fingerprint density at radius 1 is 0.711 bits per heavy atom. The molecule has 2 atom stereocenters. The van der Waals surface area contributed by atoms with Crippen LogP contribution in [0.2, 0.25) is 0 Å². The number of nitrogens with two attached hydrogens (primary N) is 2. The summed E-state index contributed by atoms with van der Waals surface area (Å²) in [6.45, 7) is 4.48. The summed E-state index contributed by atoms with van der Waals surface area (Å²) in [5.41, 5.74) is 16.4. The van der Waals surface area contributed by atoms with Crippen molar-refractivity contribution in [1.82, 2.24) is 20.4 Å². The molecule has 11 heteroatoms. The maximum absolute atomic E-state index is 12.3. The lowest BCUT2D eigenvalue weighted by atomic mass is 10.0. The second-order valence-corrected chi connectivity index (χ2v) is 9.73. The van der Waals surface area contributed by atoms with E-state index < -0.39 is 18.0 Å². The van der Waals surface area contributed by atoms with E-state index in [1.165, 1.54) is 4.90 Å². The molecule has 196 valence electrons. The number of nitrogens with zero attached hydrogens (tertiary/aromatic N) is 2. The fourth-order valence-corrected chi connectivity index (χ4v) is 5.30. The van der Waals surface area contributed by atoms with Crippen LogP contribution in [-0.2, 0) is 27.5 Å². The molecule has 4 aliphatic rings. The number of fused-ring (bicyclic) bond motifs is 2. The van der Waals surface area contributed by atoms with Gasteiger partial charge in [0.05, 0.1) is 0 Å². The minimum atomic E-state index is -0.586. The third kappa shape index (κ3) is 4.36. The minimum absolute atomic E-state index is 0.116. The number of benzene rings is 2. The van der Waals surface area contributed by atoms with Gasteiger partial charge in [0.25, 0.3) is 11.8 Å². The zero-order chi connectivity index (χ0) is 27.1. The van der Waals surface area contributed by atoms with Crippen molar-refractivity contribution in [1.29, 1.82) is 0 Å². The molecule has 2 fully saturated rings. The summed E-state index contributed by atoms with van der Waals surface area (Å²) in [6.07, 6.45) is 1.94. The fraction of sp³-hybridized carbons (Fsp3) is 0.296. The van der Waals surface area contributed by atoms with Gasteiger partial charge in [-0.3, -0.25) is 29.3 Å². The highest BCUT2D eigenvalue weighted by atomic mass is 16.2. The predicted molar refractivity (Wildman–Crippen MR) is 138 cm³/mol. The van der Waals surface area contributed by atoms with Crippen molar-refractivity contribution in [2.45, 2.75) is 50.9 Å². The summed E-state index contributed by atoms with van der Waals surface area (Å²) >= 11 is 0. The summed E-state index contributed by atoms with van der Waals surface area (Å²) in [6, 6.07) is 9.45. The molecule has 0 aromatic heterocycles. The van der Waals surface area contributed by atoms with Crippen LogP contribution in [0.3, 0.4) is 0 Å². The van der Waals surface area contributed by atoms with Crippen molar-refractivity contribution in [3.05, 3.63) is 70.9 Å².